The van der Waals surface area contributed by atoms with Crippen LogP contribution in [0.1, 0.15) is 32.6 Å². The summed E-state index contributed by atoms with van der Waals surface area (Å²) in [6.07, 6.45) is 4.22. The zero-order chi connectivity index (χ0) is 11.1. The molecule has 4 nitrogen and oxygen atoms in total. The fourth-order valence-corrected chi connectivity index (χ4v) is 1.87. The zero-order valence-corrected chi connectivity index (χ0v) is 9.45. The molecular weight excluding hydrogens is 194 g/mol. The predicted molar refractivity (Wildman–Crippen MR) is 57.5 cm³/mol. The molecule has 88 valence electrons. The molecule has 1 N–H and O–H groups in total. The Hall–Kier alpha value is -0.610. The number of carbonyl (C=O) groups excluding carboxylic acids is 1. The second-order valence-electron chi connectivity index (χ2n) is 3.96. The third-order valence-corrected chi connectivity index (χ3v) is 2.72. The molecule has 15 heavy (non-hydrogen) atoms. The fourth-order valence-electron chi connectivity index (χ4n) is 1.87. The van der Waals surface area contributed by atoms with Crippen molar-refractivity contribution < 1.29 is 14.6 Å². The number of nitrogens with zero attached hydrogens (tertiary/aromatic N) is 1. The Morgan fingerprint density at radius 2 is 2.27 bits per heavy atom. The van der Waals surface area contributed by atoms with Gasteiger partial charge >= 0.3 is 0 Å². The number of carbonyl (C=O) groups is 1. The van der Waals surface area contributed by atoms with Crippen LogP contribution >= 0.6 is 0 Å². The van der Waals surface area contributed by atoms with Gasteiger partial charge in [-0.1, -0.05) is 6.92 Å². The van der Waals surface area contributed by atoms with Gasteiger partial charge in [0.25, 0.3) is 0 Å². The van der Waals surface area contributed by atoms with E-state index in [1.807, 2.05) is 0 Å². The SMILES string of the molecule is CCCOC1CCCN(C(=O)CO)CC1. The molecule has 0 bridgehead atoms. The first kappa shape index (κ1) is 12.5. The molecule has 0 spiro atoms. The molecule has 0 aromatic rings. The first-order chi connectivity index (χ1) is 7.27. The third kappa shape index (κ3) is 4.18. The lowest BCUT2D eigenvalue weighted by molar-refractivity contribution is -0.134. The van der Waals surface area contributed by atoms with Crippen molar-refractivity contribution >= 4 is 5.91 Å². The van der Waals surface area contributed by atoms with Crippen molar-refractivity contribution in [2.45, 2.75) is 38.7 Å². The van der Waals surface area contributed by atoms with Gasteiger partial charge < -0.3 is 14.7 Å². The summed E-state index contributed by atoms with van der Waals surface area (Å²) in [6.45, 7) is 4.00. The molecule has 1 aliphatic rings. The van der Waals surface area contributed by atoms with Crippen LogP contribution in [0, 0.1) is 0 Å². The Bertz CT molecular complexity index is 196. The van der Waals surface area contributed by atoms with E-state index < -0.39 is 0 Å². The van der Waals surface area contributed by atoms with Crippen LogP contribution in [0.25, 0.3) is 0 Å². The van der Waals surface area contributed by atoms with Gasteiger partial charge in [-0.3, -0.25) is 4.79 Å². The highest BCUT2D eigenvalue weighted by atomic mass is 16.5. The minimum absolute atomic E-state index is 0.161. The number of hydrogen-bond donors (Lipinski definition) is 1. The van der Waals surface area contributed by atoms with Crippen molar-refractivity contribution in [1.82, 2.24) is 4.90 Å². The van der Waals surface area contributed by atoms with Crippen LogP contribution in [-0.4, -0.2) is 48.3 Å². The second kappa shape index (κ2) is 6.80. The molecule has 0 saturated carbocycles. The van der Waals surface area contributed by atoms with Crippen LogP contribution in [0.5, 0.6) is 0 Å². The van der Waals surface area contributed by atoms with E-state index >= 15 is 0 Å². The van der Waals surface area contributed by atoms with E-state index in [-0.39, 0.29) is 12.5 Å². The van der Waals surface area contributed by atoms with Crippen LogP contribution < -0.4 is 0 Å². The normalized spacial score (nSPS) is 22.5. The molecule has 1 aliphatic heterocycles. The van der Waals surface area contributed by atoms with Crippen molar-refractivity contribution in [3.05, 3.63) is 0 Å². The lowest BCUT2D eigenvalue weighted by atomic mass is 10.2. The van der Waals surface area contributed by atoms with E-state index in [4.69, 9.17) is 9.84 Å². The lowest BCUT2D eigenvalue weighted by Crippen LogP contribution is -2.34. The van der Waals surface area contributed by atoms with Gasteiger partial charge in [0.05, 0.1) is 6.10 Å². The maximum absolute atomic E-state index is 11.3. The standard InChI is InChI=1S/C11H21NO3/c1-2-8-15-10-4-3-6-12(7-5-10)11(14)9-13/h10,13H,2-9H2,1H3. The summed E-state index contributed by atoms with van der Waals surface area (Å²) in [6, 6.07) is 0. The predicted octanol–water partition coefficient (Wildman–Crippen LogP) is 0.786. The van der Waals surface area contributed by atoms with Gasteiger partial charge in [0.2, 0.25) is 5.91 Å². The van der Waals surface area contributed by atoms with Crippen LogP contribution in [0.3, 0.4) is 0 Å². The molecular formula is C11H21NO3. The Labute approximate surface area is 91.2 Å². The van der Waals surface area contributed by atoms with Crippen molar-refractivity contribution in [2.75, 3.05) is 26.3 Å². The van der Waals surface area contributed by atoms with E-state index in [0.717, 1.165) is 38.8 Å². The Kier molecular flexibility index (Phi) is 5.65. The highest BCUT2D eigenvalue weighted by molar-refractivity contribution is 5.77. The molecule has 0 aromatic heterocycles. The highest BCUT2D eigenvalue weighted by Gasteiger charge is 2.19. The minimum Gasteiger partial charge on any atom is -0.387 e. The number of likely N-dealkylation sites (tertiary alicyclic amines) is 1. The maximum atomic E-state index is 11.3. The summed E-state index contributed by atoms with van der Waals surface area (Å²) in [5, 5.41) is 8.76. The smallest absolute Gasteiger partial charge is 0.248 e. The summed E-state index contributed by atoms with van der Waals surface area (Å²) in [7, 11) is 0. The van der Waals surface area contributed by atoms with Crippen LogP contribution in [0.2, 0.25) is 0 Å². The van der Waals surface area contributed by atoms with Crippen LogP contribution in [-0.2, 0) is 9.53 Å². The summed E-state index contributed by atoms with van der Waals surface area (Å²) in [5.41, 5.74) is 0. The van der Waals surface area contributed by atoms with Gasteiger partial charge in [0.1, 0.15) is 6.61 Å². The van der Waals surface area contributed by atoms with Crippen molar-refractivity contribution in [1.29, 1.82) is 0 Å². The van der Waals surface area contributed by atoms with E-state index in [2.05, 4.69) is 6.92 Å². The lowest BCUT2D eigenvalue weighted by Gasteiger charge is -2.19. The van der Waals surface area contributed by atoms with E-state index in [1.165, 1.54) is 0 Å². The molecule has 1 rings (SSSR count). The average molecular weight is 215 g/mol. The van der Waals surface area contributed by atoms with Gasteiger partial charge in [-0.2, -0.15) is 0 Å². The number of ether oxygens (including phenoxy) is 1. The number of aliphatic hydroxyl groups excluding tert-OH is 1. The van der Waals surface area contributed by atoms with Gasteiger partial charge in [0, 0.05) is 19.7 Å². The topological polar surface area (TPSA) is 49.8 Å². The largest absolute Gasteiger partial charge is 0.387 e. The molecule has 4 heteroatoms. The molecule has 1 atom stereocenters. The van der Waals surface area contributed by atoms with Gasteiger partial charge in [-0.25, -0.2) is 0 Å². The van der Waals surface area contributed by atoms with Crippen molar-refractivity contribution in [2.24, 2.45) is 0 Å². The quantitative estimate of drug-likeness (QED) is 0.754. The molecule has 1 heterocycles. The van der Waals surface area contributed by atoms with Crippen molar-refractivity contribution in [3.8, 4) is 0 Å². The summed E-state index contributed by atoms with van der Waals surface area (Å²) < 4.78 is 5.67. The number of hydrogen-bond acceptors (Lipinski definition) is 3. The third-order valence-electron chi connectivity index (χ3n) is 2.72. The fraction of sp³-hybridized carbons (Fsp3) is 0.909. The maximum Gasteiger partial charge on any atom is 0.248 e. The highest BCUT2D eigenvalue weighted by Crippen LogP contribution is 2.14. The van der Waals surface area contributed by atoms with Crippen molar-refractivity contribution in [3.63, 3.8) is 0 Å². The van der Waals surface area contributed by atoms with Gasteiger partial charge in [-0.15, -0.1) is 0 Å². The summed E-state index contributed by atoms with van der Waals surface area (Å²) in [5.74, 6) is -0.161. The Morgan fingerprint density at radius 3 is 2.93 bits per heavy atom. The molecule has 1 saturated heterocycles. The molecule has 1 amide bonds. The summed E-state index contributed by atoms with van der Waals surface area (Å²) >= 11 is 0. The molecule has 1 fully saturated rings. The number of aliphatic hydroxyl groups is 1. The first-order valence-corrected chi connectivity index (χ1v) is 5.78. The van der Waals surface area contributed by atoms with E-state index in [0.29, 0.717) is 12.6 Å². The molecule has 0 aromatic carbocycles. The van der Waals surface area contributed by atoms with E-state index in [9.17, 15) is 4.79 Å². The average Bonchev–Trinajstić information content (AvgIpc) is 2.50. The minimum atomic E-state index is -0.375. The molecule has 1 unspecified atom stereocenters. The van der Waals surface area contributed by atoms with Crippen LogP contribution in [0.4, 0.5) is 0 Å². The van der Waals surface area contributed by atoms with Gasteiger partial charge in [-0.05, 0) is 25.7 Å². The summed E-state index contributed by atoms with van der Waals surface area (Å²) in [4.78, 5) is 13.0. The zero-order valence-electron chi connectivity index (χ0n) is 9.45. The molecule has 0 radical (unpaired) electrons. The monoisotopic (exact) mass is 215 g/mol. The first-order valence-electron chi connectivity index (χ1n) is 5.78. The number of amides is 1. The van der Waals surface area contributed by atoms with Gasteiger partial charge in [0.15, 0.2) is 0 Å². The molecule has 0 aliphatic carbocycles. The second-order valence-corrected chi connectivity index (χ2v) is 3.96. The van der Waals surface area contributed by atoms with E-state index in [1.54, 1.807) is 4.90 Å². The Balaban J connectivity index is 2.31. The number of rotatable bonds is 4. The Morgan fingerprint density at radius 1 is 1.47 bits per heavy atom. The van der Waals surface area contributed by atoms with Crippen LogP contribution in [0.15, 0.2) is 0 Å².